The highest BCUT2D eigenvalue weighted by Crippen LogP contribution is 2.21. The van der Waals surface area contributed by atoms with E-state index in [1.807, 2.05) is 18.5 Å². The Bertz CT molecular complexity index is 404. The third-order valence-electron chi connectivity index (χ3n) is 2.62. The summed E-state index contributed by atoms with van der Waals surface area (Å²) in [6.45, 7) is 6.39. The maximum atomic E-state index is 11.8. The number of carbonyl (C=O) groups is 1. The van der Waals surface area contributed by atoms with Crippen LogP contribution in [0.2, 0.25) is 0 Å². The lowest BCUT2D eigenvalue weighted by Gasteiger charge is -2.06. The molecule has 0 aliphatic heterocycles. The zero-order chi connectivity index (χ0) is 13.5. The van der Waals surface area contributed by atoms with Crippen LogP contribution < -0.4 is 5.32 Å². The summed E-state index contributed by atoms with van der Waals surface area (Å²) >= 11 is 3.49. The number of Topliss-reactive ketones (excluding diaryl/α,β-unsaturated/α-hetero) is 1. The van der Waals surface area contributed by atoms with Crippen LogP contribution in [0, 0.1) is 6.92 Å². The molecule has 6 heteroatoms. The topological polar surface area (TPSA) is 56.2 Å². The first kappa shape index (κ1) is 15.3. The first-order valence-corrected chi connectivity index (χ1v) is 6.82. The summed E-state index contributed by atoms with van der Waals surface area (Å²) in [6.07, 6.45) is 0.398. The number of nitrogens with zero attached hydrogens (tertiary/aromatic N) is 2. The minimum Gasteiger partial charge on any atom is -0.383 e. The quantitative estimate of drug-likeness (QED) is 0.735. The van der Waals surface area contributed by atoms with Gasteiger partial charge >= 0.3 is 0 Å². The van der Waals surface area contributed by atoms with Crippen LogP contribution in [0.4, 0.5) is 0 Å². The van der Waals surface area contributed by atoms with E-state index in [1.165, 1.54) is 0 Å². The van der Waals surface area contributed by atoms with Gasteiger partial charge < -0.3 is 10.1 Å². The number of nitrogens with one attached hydrogen (secondary N) is 1. The number of hydrogen-bond donors (Lipinski definition) is 1. The molecule has 0 amide bonds. The van der Waals surface area contributed by atoms with Gasteiger partial charge in [-0.1, -0.05) is 0 Å². The van der Waals surface area contributed by atoms with Crippen molar-refractivity contribution in [1.29, 1.82) is 0 Å². The molecule has 1 aromatic rings. The minimum absolute atomic E-state index is 0.154. The number of halogens is 1. The highest BCUT2D eigenvalue weighted by molar-refractivity contribution is 9.10. The molecule has 1 aromatic heterocycles. The molecule has 0 spiro atoms. The lowest BCUT2D eigenvalue weighted by atomic mass is 10.2. The van der Waals surface area contributed by atoms with Crippen LogP contribution in [0.3, 0.4) is 0 Å². The largest absolute Gasteiger partial charge is 0.383 e. The molecule has 0 saturated carbocycles. The van der Waals surface area contributed by atoms with Crippen LogP contribution in [0.1, 0.15) is 18.3 Å². The number of aryl methyl sites for hydroxylation is 2. The van der Waals surface area contributed by atoms with Crippen molar-refractivity contribution in [3.63, 3.8) is 0 Å². The van der Waals surface area contributed by atoms with Gasteiger partial charge in [-0.15, -0.1) is 0 Å². The van der Waals surface area contributed by atoms with E-state index in [0.717, 1.165) is 22.4 Å². The van der Waals surface area contributed by atoms with Crippen LogP contribution in [-0.2, 0) is 22.5 Å². The monoisotopic (exact) mass is 317 g/mol. The lowest BCUT2D eigenvalue weighted by Crippen LogP contribution is -2.27. The lowest BCUT2D eigenvalue weighted by molar-refractivity contribution is -0.117. The first-order valence-electron chi connectivity index (χ1n) is 6.03. The summed E-state index contributed by atoms with van der Waals surface area (Å²) in [5, 5.41) is 7.42. The van der Waals surface area contributed by atoms with Gasteiger partial charge in [0.05, 0.1) is 35.4 Å². The molecule has 0 aromatic carbocycles. The normalized spacial score (nSPS) is 10.9. The highest BCUT2D eigenvalue weighted by Gasteiger charge is 2.15. The van der Waals surface area contributed by atoms with Gasteiger partial charge in [-0.25, -0.2) is 0 Å². The van der Waals surface area contributed by atoms with Crippen LogP contribution >= 0.6 is 15.9 Å². The third kappa shape index (κ3) is 4.19. The summed E-state index contributed by atoms with van der Waals surface area (Å²) in [7, 11) is 1.64. The van der Waals surface area contributed by atoms with E-state index in [2.05, 4.69) is 26.3 Å². The molecule has 0 saturated heterocycles. The fourth-order valence-corrected chi connectivity index (χ4v) is 2.11. The molecule has 0 aliphatic carbocycles. The van der Waals surface area contributed by atoms with Crippen LogP contribution in [0.15, 0.2) is 4.47 Å². The molecule has 18 heavy (non-hydrogen) atoms. The summed E-state index contributed by atoms with van der Waals surface area (Å²) in [5.74, 6) is 0.154. The Kier molecular flexibility index (Phi) is 6.52. The summed E-state index contributed by atoms with van der Waals surface area (Å²) in [4.78, 5) is 11.8. The van der Waals surface area contributed by atoms with Gasteiger partial charge in [0.1, 0.15) is 0 Å². The average Bonchev–Trinajstić information content (AvgIpc) is 2.62. The number of aromatic nitrogens is 2. The zero-order valence-corrected chi connectivity index (χ0v) is 12.7. The van der Waals surface area contributed by atoms with Crippen molar-refractivity contribution in [2.75, 3.05) is 26.8 Å². The van der Waals surface area contributed by atoms with E-state index < -0.39 is 0 Å². The van der Waals surface area contributed by atoms with Crippen LogP contribution in [-0.4, -0.2) is 42.4 Å². The van der Waals surface area contributed by atoms with Gasteiger partial charge in [-0.05, 0) is 29.8 Å². The maximum Gasteiger partial charge on any atom is 0.152 e. The second-order valence-corrected chi connectivity index (χ2v) is 4.84. The van der Waals surface area contributed by atoms with E-state index >= 15 is 0 Å². The first-order chi connectivity index (χ1) is 8.60. The molecule has 0 radical (unpaired) electrons. The predicted molar refractivity (Wildman–Crippen MR) is 73.8 cm³/mol. The molecular formula is C12H20BrN3O2. The molecule has 5 nitrogen and oxygen atoms in total. The van der Waals surface area contributed by atoms with E-state index in [4.69, 9.17) is 4.74 Å². The molecule has 102 valence electrons. The Balaban J connectivity index is 2.53. The number of ether oxygens (including phenoxy) is 1. The van der Waals surface area contributed by atoms with Crippen molar-refractivity contribution >= 4 is 21.7 Å². The zero-order valence-electron chi connectivity index (χ0n) is 11.1. The summed E-state index contributed by atoms with van der Waals surface area (Å²) < 4.78 is 7.71. The molecule has 1 N–H and O–H groups in total. The molecule has 1 rings (SSSR count). The number of rotatable bonds is 8. The fraction of sp³-hybridized carbons (Fsp3) is 0.667. The Morgan fingerprint density at radius 2 is 2.28 bits per heavy atom. The van der Waals surface area contributed by atoms with Crippen molar-refractivity contribution < 1.29 is 9.53 Å². The van der Waals surface area contributed by atoms with Crippen molar-refractivity contribution in [2.45, 2.75) is 26.8 Å². The molecule has 0 bridgehead atoms. The Labute approximate surface area is 116 Å². The second kappa shape index (κ2) is 7.66. The van der Waals surface area contributed by atoms with Gasteiger partial charge in [-0.2, -0.15) is 5.10 Å². The summed E-state index contributed by atoms with van der Waals surface area (Å²) in [5.41, 5.74) is 1.88. The van der Waals surface area contributed by atoms with Gasteiger partial charge in [0, 0.05) is 20.2 Å². The standard InChI is InChI=1S/C12H20BrN3O2/c1-4-16-11(12(13)9(2)15-16)7-10(17)8-14-5-6-18-3/h14H,4-8H2,1-3H3. The SMILES string of the molecule is CCn1nc(C)c(Br)c1CC(=O)CNCCOC. The van der Waals surface area contributed by atoms with Crippen molar-refractivity contribution in [1.82, 2.24) is 15.1 Å². The Hall–Kier alpha value is -0.720. The van der Waals surface area contributed by atoms with Gasteiger partial charge in [-0.3, -0.25) is 9.48 Å². The predicted octanol–water partition coefficient (Wildman–Crippen LogP) is 1.32. The van der Waals surface area contributed by atoms with E-state index in [-0.39, 0.29) is 5.78 Å². The van der Waals surface area contributed by atoms with E-state index in [0.29, 0.717) is 26.1 Å². The average molecular weight is 318 g/mol. The molecule has 0 fully saturated rings. The molecule has 0 unspecified atom stereocenters. The number of methoxy groups -OCH3 is 1. The highest BCUT2D eigenvalue weighted by atomic mass is 79.9. The van der Waals surface area contributed by atoms with E-state index in [1.54, 1.807) is 7.11 Å². The van der Waals surface area contributed by atoms with Crippen LogP contribution in [0.5, 0.6) is 0 Å². The molecule has 0 aliphatic rings. The van der Waals surface area contributed by atoms with Crippen molar-refractivity contribution in [3.8, 4) is 0 Å². The smallest absolute Gasteiger partial charge is 0.152 e. The minimum atomic E-state index is 0.154. The number of carbonyl (C=O) groups excluding carboxylic acids is 1. The Morgan fingerprint density at radius 1 is 1.56 bits per heavy atom. The van der Waals surface area contributed by atoms with Crippen molar-refractivity contribution in [2.24, 2.45) is 0 Å². The Morgan fingerprint density at radius 3 is 2.89 bits per heavy atom. The molecule has 0 atom stereocenters. The van der Waals surface area contributed by atoms with E-state index in [9.17, 15) is 4.79 Å². The van der Waals surface area contributed by atoms with Gasteiger partial charge in [0.25, 0.3) is 0 Å². The van der Waals surface area contributed by atoms with Crippen molar-refractivity contribution in [3.05, 3.63) is 15.9 Å². The maximum absolute atomic E-state index is 11.8. The fourth-order valence-electron chi connectivity index (χ4n) is 1.69. The molecular weight excluding hydrogens is 298 g/mol. The summed E-state index contributed by atoms with van der Waals surface area (Å²) in [6, 6.07) is 0. The third-order valence-corrected chi connectivity index (χ3v) is 3.65. The van der Waals surface area contributed by atoms with Gasteiger partial charge in [0.2, 0.25) is 0 Å². The number of hydrogen-bond acceptors (Lipinski definition) is 4. The van der Waals surface area contributed by atoms with Gasteiger partial charge in [0.15, 0.2) is 5.78 Å². The second-order valence-electron chi connectivity index (χ2n) is 4.05. The molecule has 1 heterocycles. The number of ketones is 1. The van der Waals surface area contributed by atoms with Crippen LogP contribution in [0.25, 0.3) is 0 Å².